The number of fused-ring (bicyclic) bond motifs is 1. The number of hydrogen-bond acceptors (Lipinski definition) is 5. The van der Waals surface area contributed by atoms with Crippen LogP contribution in [0.15, 0.2) is 18.2 Å². The van der Waals surface area contributed by atoms with E-state index < -0.39 is 24.3 Å². The van der Waals surface area contributed by atoms with Crippen LogP contribution in [0.2, 0.25) is 0 Å². The van der Waals surface area contributed by atoms with Crippen LogP contribution >= 0.6 is 0 Å². The second kappa shape index (κ2) is 5.59. The molecule has 1 heterocycles. The zero-order valence-electron chi connectivity index (χ0n) is 10.7. The lowest BCUT2D eigenvalue weighted by Crippen LogP contribution is -2.32. The van der Waals surface area contributed by atoms with Gasteiger partial charge in [0.25, 0.3) is 0 Å². The van der Waals surface area contributed by atoms with Gasteiger partial charge in [0.05, 0.1) is 6.10 Å². The standard InChI is InChI=1S/C14H18O5/c1-8(15)4-2-7-11-13(17)9-5-3-6-10(16)12(9)14(18)19-11/h3,5-6,8,11,13,15-17H,2,4,7H2,1H3/t8-,11+,13-/m0/s1. The molecule has 1 aromatic carbocycles. The van der Waals surface area contributed by atoms with Crippen LogP contribution in [0.25, 0.3) is 0 Å². The first-order valence-corrected chi connectivity index (χ1v) is 6.39. The summed E-state index contributed by atoms with van der Waals surface area (Å²) >= 11 is 0. The van der Waals surface area contributed by atoms with Crippen molar-refractivity contribution in [1.82, 2.24) is 0 Å². The van der Waals surface area contributed by atoms with E-state index in [0.717, 1.165) is 0 Å². The SMILES string of the molecule is C[C@H](O)CCC[C@H]1OC(=O)c2c(O)cccc2[C@@H]1O. The molecule has 0 spiro atoms. The fourth-order valence-electron chi connectivity index (χ4n) is 2.32. The maximum atomic E-state index is 11.8. The summed E-state index contributed by atoms with van der Waals surface area (Å²) in [5, 5.41) is 29.0. The van der Waals surface area contributed by atoms with Crippen LogP contribution in [0, 0.1) is 0 Å². The van der Waals surface area contributed by atoms with Crippen LogP contribution in [-0.4, -0.2) is 33.5 Å². The van der Waals surface area contributed by atoms with Crippen LogP contribution < -0.4 is 0 Å². The highest BCUT2D eigenvalue weighted by molar-refractivity contribution is 5.95. The Kier molecular flexibility index (Phi) is 4.07. The van der Waals surface area contributed by atoms with Crippen LogP contribution in [0.4, 0.5) is 0 Å². The molecule has 5 heteroatoms. The molecule has 0 saturated heterocycles. The van der Waals surface area contributed by atoms with Crippen molar-refractivity contribution in [3.8, 4) is 5.75 Å². The summed E-state index contributed by atoms with van der Waals surface area (Å²) in [5.74, 6) is -0.788. The molecule has 0 bridgehead atoms. The third-order valence-corrected chi connectivity index (χ3v) is 3.32. The van der Waals surface area contributed by atoms with Gasteiger partial charge in [-0.25, -0.2) is 4.79 Å². The van der Waals surface area contributed by atoms with Crippen molar-refractivity contribution < 1.29 is 24.9 Å². The Hall–Kier alpha value is -1.59. The predicted octanol–water partition coefficient (Wildman–Crippen LogP) is 1.52. The van der Waals surface area contributed by atoms with Crippen molar-refractivity contribution in [3.63, 3.8) is 0 Å². The van der Waals surface area contributed by atoms with E-state index in [4.69, 9.17) is 4.74 Å². The van der Waals surface area contributed by atoms with Crippen molar-refractivity contribution in [2.75, 3.05) is 0 Å². The van der Waals surface area contributed by atoms with Gasteiger partial charge in [-0.2, -0.15) is 0 Å². The van der Waals surface area contributed by atoms with E-state index in [1.807, 2.05) is 0 Å². The summed E-state index contributed by atoms with van der Waals surface area (Å²) in [6, 6.07) is 4.59. The van der Waals surface area contributed by atoms with Crippen LogP contribution in [0.5, 0.6) is 5.75 Å². The van der Waals surface area contributed by atoms with Crippen molar-refractivity contribution in [2.24, 2.45) is 0 Å². The minimum atomic E-state index is -0.936. The van der Waals surface area contributed by atoms with Gasteiger partial charge >= 0.3 is 5.97 Å². The van der Waals surface area contributed by atoms with Gasteiger partial charge in [0.15, 0.2) is 0 Å². The average Bonchev–Trinajstić information content (AvgIpc) is 2.34. The van der Waals surface area contributed by atoms with Gasteiger partial charge in [0.2, 0.25) is 0 Å². The zero-order valence-corrected chi connectivity index (χ0v) is 10.7. The number of esters is 1. The van der Waals surface area contributed by atoms with Crippen LogP contribution in [0.3, 0.4) is 0 Å². The Bertz CT molecular complexity index is 469. The minimum absolute atomic E-state index is 0.0433. The molecular weight excluding hydrogens is 248 g/mol. The molecule has 0 saturated carbocycles. The number of phenolic OH excluding ortho intramolecular Hbond substituents is 1. The van der Waals surface area contributed by atoms with E-state index >= 15 is 0 Å². The van der Waals surface area contributed by atoms with E-state index in [0.29, 0.717) is 24.8 Å². The number of carbonyl (C=O) groups is 1. The molecule has 0 aliphatic carbocycles. The van der Waals surface area contributed by atoms with Gasteiger partial charge in [-0.3, -0.25) is 0 Å². The Labute approximate surface area is 111 Å². The molecule has 0 radical (unpaired) electrons. The van der Waals surface area contributed by atoms with Gasteiger partial charge in [0.1, 0.15) is 23.5 Å². The molecule has 1 aliphatic rings. The van der Waals surface area contributed by atoms with Crippen molar-refractivity contribution in [1.29, 1.82) is 0 Å². The van der Waals surface area contributed by atoms with Gasteiger partial charge in [-0.1, -0.05) is 12.1 Å². The summed E-state index contributed by atoms with van der Waals surface area (Å²) < 4.78 is 5.16. The lowest BCUT2D eigenvalue weighted by atomic mass is 9.92. The smallest absolute Gasteiger partial charge is 0.342 e. The van der Waals surface area contributed by atoms with Crippen LogP contribution in [0.1, 0.15) is 48.2 Å². The van der Waals surface area contributed by atoms with Crippen molar-refractivity contribution in [3.05, 3.63) is 29.3 Å². The summed E-state index contributed by atoms with van der Waals surface area (Å²) in [5.41, 5.74) is 0.445. The Morgan fingerprint density at radius 2 is 2.16 bits per heavy atom. The zero-order chi connectivity index (χ0) is 14.0. The molecule has 1 aliphatic heterocycles. The molecule has 5 nitrogen and oxygen atoms in total. The lowest BCUT2D eigenvalue weighted by Gasteiger charge is -2.30. The van der Waals surface area contributed by atoms with E-state index in [1.165, 1.54) is 6.07 Å². The minimum Gasteiger partial charge on any atom is -0.507 e. The number of ether oxygens (including phenoxy) is 1. The molecule has 3 N–H and O–H groups in total. The Balaban J connectivity index is 2.13. The summed E-state index contributed by atoms with van der Waals surface area (Å²) in [4.78, 5) is 11.8. The van der Waals surface area contributed by atoms with E-state index in [1.54, 1.807) is 19.1 Å². The number of aliphatic hydroxyl groups excluding tert-OH is 2. The lowest BCUT2D eigenvalue weighted by molar-refractivity contribution is -0.0341. The summed E-state index contributed by atoms with van der Waals surface area (Å²) in [6.07, 6.45) is -0.247. The highest BCUT2D eigenvalue weighted by Gasteiger charge is 2.35. The quantitative estimate of drug-likeness (QED) is 0.719. The molecule has 104 valence electrons. The van der Waals surface area contributed by atoms with Gasteiger partial charge in [-0.15, -0.1) is 0 Å². The maximum Gasteiger partial charge on any atom is 0.342 e. The fourth-order valence-corrected chi connectivity index (χ4v) is 2.32. The van der Waals surface area contributed by atoms with Gasteiger partial charge in [-0.05, 0) is 32.3 Å². The second-order valence-corrected chi connectivity index (χ2v) is 4.91. The van der Waals surface area contributed by atoms with Crippen molar-refractivity contribution >= 4 is 5.97 Å². The average molecular weight is 266 g/mol. The van der Waals surface area contributed by atoms with Crippen LogP contribution in [-0.2, 0) is 4.74 Å². The predicted molar refractivity (Wildman–Crippen MR) is 67.8 cm³/mol. The number of aromatic hydroxyl groups is 1. The second-order valence-electron chi connectivity index (χ2n) is 4.91. The number of phenols is 1. The number of aliphatic hydroxyl groups is 2. The van der Waals surface area contributed by atoms with Gasteiger partial charge in [0, 0.05) is 5.56 Å². The fraction of sp³-hybridized carbons (Fsp3) is 0.500. The molecule has 1 aromatic rings. The molecule has 0 fully saturated rings. The number of benzene rings is 1. The molecule has 3 atom stereocenters. The van der Waals surface area contributed by atoms with E-state index in [2.05, 4.69) is 0 Å². The maximum absolute atomic E-state index is 11.8. The molecule has 0 unspecified atom stereocenters. The highest BCUT2D eigenvalue weighted by Crippen LogP contribution is 2.35. The molecular formula is C14H18O5. The van der Waals surface area contributed by atoms with E-state index in [9.17, 15) is 20.1 Å². The first-order chi connectivity index (χ1) is 9.00. The molecule has 0 aromatic heterocycles. The van der Waals surface area contributed by atoms with E-state index in [-0.39, 0.29) is 11.3 Å². The topological polar surface area (TPSA) is 87.0 Å². The number of carbonyl (C=O) groups excluding carboxylic acids is 1. The Morgan fingerprint density at radius 1 is 1.42 bits per heavy atom. The first-order valence-electron chi connectivity index (χ1n) is 6.39. The molecule has 0 amide bonds. The normalized spacial score (nSPS) is 23.6. The summed E-state index contributed by atoms with van der Waals surface area (Å²) in [7, 11) is 0. The van der Waals surface area contributed by atoms with Gasteiger partial charge < -0.3 is 20.1 Å². The number of hydrogen-bond donors (Lipinski definition) is 3. The molecule has 19 heavy (non-hydrogen) atoms. The summed E-state index contributed by atoms with van der Waals surface area (Å²) in [6.45, 7) is 1.69. The first kappa shape index (κ1) is 13.8. The number of rotatable bonds is 4. The highest BCUT2D eigenvalue weighted by atomic mass is 16.6. The largest absolute Gasteiger partial charge is 0.507 e. The molecule has 2 rings (SSSR count). The Morgan fingerprint density at radius 3 is 2.84 bits per heavy atom. The van der Waals surface area contributed by atoms with Crippen molar-refractivity contribution in [2.45, 2.75) is 44.5 Å². The third-order valence-electron chi connectivity index (χ3n) is 3.32. The number of cyclic esters (lactones) is 1. The third kappa shape index (κ3) is 2.88. The monoisotopic (exact) mass is 266 g/mol.